The molecule has 0 saturated carbocycles. The van der Waals surface area contributed by atoms with Gasteiger partial charge in [0.15, 0.2) is 0 Å². The van der Waals surface area contributed by atoms with Crippen molar-refractivity contribution in [3.8, 4) is 0 Å². The molecule has 2 rings (SSSR count). The molecule has 0 bridgehead atoms. The monoisotopic (exact) mass is 341 g/mol. The standard InChI is InChI=1S/C14H20BrN3S/c1-2-6-17-7-9-18(10-8-17)12-5-3-4-11(15)13(12)14(16)19/h3-5H,2,6-10H2,1H3,(H2,16,19). The van der Waals surface area contributed by atoms with Crippen molar-refractivity contribution < 1.29 is 0 Å². The van der Waals surface area contributed by atoms with Crippen molar-refractivity contribution in [2.24, 2.45) is 5.73 Å². The molecule has 1 heterocycles. The molecule has 0 unspecified atom stereocenters. The van der Waals surface area contributed by atoms with Gasteiger partial charge in [-0.05, 0) is 41.0 Å². The largest absolute Gasteiger partial charge is 0.389 e. The highest BCUT2D eigenvalue weighted by Gasteiger charge is 2.20. The van der Waals surface area contributed by atoms with Gasteiger partial charge < -0.3 is 10.6 Å². The first-order valence-corrected chi connectivity index (χ1v) is 7.89. The zero-order valence-electron chi connectivity index (χ0n) is 11.2. The Morgan fingerprint density at radius 2 is 2.00 bits per heavy atom. The minimum atomic E-state index is 0.457. The summed E-state index contributed by atoms with van der Waals surface area (Å²) >= 11 is 8.73. The fraction of sp³-hybridized carbons (Fsp3) is 0.500. The maximum atomic E-state index is 5.86. The van der Waals surface area contributed by atoms with Crippen molar-refractivity contribution in [2.75, 3.05) is 37.6 Å². The van der Waals surface area contributed by atoms with Gasteiger partial charge in [0.2, 0.25) is 0 Å². The van der Waals surface area contributed by atoms with E-state index in [0.29, 0.717) is 4.99 Å². The van der Waals surface area contributed by atoms with Crippen molar-refractivity contribution in [3.05, 3.63) is 28.2 Å². The smallest absolute Gasteiger partial charge is 0.107 e. The van der Waals surface area contributed by atoms with E-state index in [1.807, 2.05) is 12.1 Å². The van der Waals surface area contributed by atoms with Crippen molar-refractivity contribution in [1.29, 1.82) is 0 Å². The van der Waals surface area contributed by atoms with Crippen LogP contribution < -0.4 is 10.6 Å². The van der Waals surface area contributed by atoms with Crippen LogP contribution in [0.3, 0.4) is 0 Å². The van der Waals surface area contributed by atoms with Crippen LogP contribution in [0.4, 0.5) is 5.69 Å². The zero-order valence-corrected chi connectivity index (χ0v) is 13.6. The lowest BCUT2D eigenvalue weighted by molar-refractivity contribution is 0.258. The molecule has 19 heavy (non-hydrogen) atoms. The Morgan fingerprint density at radius 1 is 1.32 bits per heavy atom. The first kappa shape index (κ1) is 14.8. The lowest BCUT2D eigenvalue weighted by atomic mass is 10.1. The summed E-state index contributed by atoms with van der Waals surface area (Å²) in [7, 11) is 0. The Balaban J connectivity index is 2.15. The Kier molecular flexibility index (Phi) is 5.19. The Bertz CT molecular complexity index is 456. The highest BCUT2D eigenvalue weighted by atomic mass is 79.9. The van der Waals surface area contributed by atoms with Crippen LogP contribution in [0.25, 0.3) is 0 Å². The average Bonchev–Trinajstić information content (AvgIpc) is 2.39. The molecule has 1 fully saturated rings. The highest BCUT2D eigenvalue weighted by molar-refractivity contribution is 9.10. The summed E-state index contributed by atoms with van der Waals surface area (Å²) in [6, 6.07) is 6.14. The van der Waals surface area contributed by atoms with Gasteiger partial charge >= 0.3 is 0 Å². The first-order chi connectivity index (χ1) is 9.13. The van der Waals surface area contributed by atoms with Crippen molar-refractivity contribution in [1.82, 2.24) is 4.90 Å². The van der Waals surface area contributed by atoms with E-state index in [2.05, 4.69) is 38.7 Å². The third-order valence-electron chi connectivity index (χ3n) is 3.49. The summed E-state index contributed by atoms with van der Waals surface area (Å²) in [6.45, 7) is 7.70. The molecule has 0 amide bonds. The lowest BCUT2D eigenvalue weighted by Gasteiger charge is -2.37. The summed E-state index contributed by atoms with van der Waals surface area (Å²) in [6.07, 6.45) is 1.22. The molecule has 1 saturated heterocycles. The highest BCUT2D eigenvalue weighted by Crippen LogP contribution is 2.28. The van der Waals surface area contributed by atoms with E-state index in [4.69, 9.17) is 18.0 Å². The second kappa shape index (κ2) is 6.68. The summed E-state index contributed by atoms with van der Waals surface area (Å²) in [5, 5.41) is 0. The van der Waals surface area contributed by atoms with Crippen LogP contribution in [0.1, 0.15) is 18.9 Å². The second-order valence-electron chi connectivity index (χ2n) is 4.83. The summed E-state index contributed by atoms with van der Waals surface area (Å²) < 4.78 is 0.980. The number of nitrogens with zero attached hydrogens (tertiary/aromatic N) is 2. The molecule has 0 radical (unpaired) electrons. The predicted octanol–water partition coefficient (Wildman–Crippen LogP) is 2.62. The van der Waals surface area contributed by atoms with Crippen LogP contribution >= 0.6 is 28.1 Å². The van der Waals surface area contributed by atoms with E-state index in [9.17, 15) is 0 Å². The number of anilines is 1. The number of hydrogen-bond donors (Lipinski definition) is 1. The van der Waals surface area contributed by atoms with E-state index < -0.39 is 0 Å². The van der Waals surface area contributed by atoms with Crippen LogP contribution in [-0.2, 0) is 0 Å². The molecule has 0 aliphatic carbocycles. The molecule has 2 N–H and O–H groups in total. The molecule has 1 aliphatic heterocycles. The molecule has 0 spiro atoms. The fourth-order valence-electron chi connectivity index (χ4n) is 2.55. The van der Waals surface area contributed by atoms with E-state index in [0.717, 1.165) is 41.9 Å². The third kappa shape index (κ3) is 3.46. The number of nitrogens with two attached hydrogens (primary N) is 1. The molecule has 104 valence electrons. The Labute approximate surface area is 128 Å². The Morgan fingerprint density at radius 3 is 2.58 bits per heavy atom. The van der Waals surface area contributed by atoms with Crippen LogP contribution in [-0.4, -0.2) is 42.6 Å². The average molecular weight is 342 g/mol. The van der Waals surface area contributed by atoms with Crippen molar-refractivity contribution >= 4 is 38.8 Å². The molecular formula is C14H20BrN3S. The summed E-state index contributed by atoms with van der Waals surface area (Å²) in [5.74, 6) is 0. The molecule has 3 nitrogen and oxygen atoms in total. The van der Waals surface area contributed by atoms with Gasteiger partial charge in [0.1, 0.15) is 4.99 Å². The van der Waals surface area contributed by atoms with E-state index in [1.54, 1.807) is 0 Å². The minimum absolute atomic E-state index is 0.457. The number of rotatable bonds is 4. The fourth-order valence-corrected chi connectivity index (χ4v) is 3.46. The third-order valence-corrected chi connectivity index (χ3v) is 4.36. The SMILES string of the molecule is CCCN1CCN(c2cccc(Br)c2C(N)=S)CC1. The topological polar surface area (TPSA) is 32.5 Å². The molecule has 0 atom stereocenters. The zero-order chi connectivity index (χ0) is 13.8. The van der Waals surface area contributed by atoms with Gasteiger partial charge in [-0.1, -0.05) is 25.2 Å². The van der Waals surface area contributed by atoms with Crippen LogP contribution in [0, 0.1) is 0 Å². The van der Waals surface area contributed by atoms with Crippen LogP contribution in [0.5, 0.6) is 0 Å². The van der Waals surface area contributed by atoms with Crippen molar-refractivity contribution in [3.63, 3.8) is 0 Å². The number of benzene rings is 1. The molecule has 1 aliphatic rings. The van der Waals surface area contributed by atoms with Gasteiger partial charge in [-0.15, -0.1) is 0 Å². The minimum Gasteiger partial charge on any atom is -0.389 e. The predicted molar refractivity (Wildman–Crippen MR) is 89.0 cm³/mol. The lowest BCUT2D eigenvalue weighted by Crippen LogP contribution is -2.47. The van der Waals surface area contributed by atoms with E-state index in [1.165, 1.54) is 13.0 Å². The quantitative estimate of drug-likeness (QED) is 0.853. The van der Waals surface area contributed by atoms with Crippen LogP contribution in [0.15, 0.2) is 22.7 Å². The van der Waals surface area contributed by atoms with Gasteiger partial charge in [-0.3, -0.25) is 4.90 Å². The maximum absolute atomic E-state index is 5.86. The summed E-state index contributed by atoms with van der Waals surface area (Å²) in [4.78, 5) is 5.35. The molecule has 1 aromatic carbocycles. The molecule has 5 heteroatoms. The Hall–Kier alpha value is -0.650. The van der Waals surface area contributed by atoms with Gasteiger partial charge in [-0.25, -0.2) is 0 Å². The van der Waals surface area contributed by atoms with Gasteiger partial charge in [-0.2, -0.15) is 0 Å². The van der Waals surface area contributed by atoms with Crippen molar-refractivity contribution in [2.45, 2.75) is 13.3 Å². The van der Waals surface area contributed by atoms with Gasteiger partial charge in [0.05, 0.1) is 0 Å². The van der Waals surface area contributed by atoms with E-state index in [-0.39, 0.29) is 0 Å². The van der Waals surface area contributed by atoms with E-state index >= 15 is 0 Å². The maximum Gasteiger partial charge on any atom is 0.107 e. The first-order valence-electron chi connectivity index (χ1n) is 6.69. The molecule has 1 aromatic rings. The normalized spacial score (nSPS) is 16.6. The summed E-state index contributed by atoms with van der Waals surface area (Å²) in [5.41, 5.74) is 7.97. The second-order valence-corrected chi connectivity index (χ2v) is 6.12. The molecule has 0 aromatic heterocycles. The molecular weight excluding hydrogens is 322 g/mol. The number of piperazine rings is 1. The number of halogens is 1. The van der Waals surface area contributed by atoms with Crippen LogP contribution in [0.2, 0.25) is 0 Å². The number of thiocarbonyl (C=S) groups is 1. The van der Waals surface area contributed by atoms with Gasteiger partial charge in [0, 0.05) is 41.9 Å². The van der Waals surface area contributed by atoms with Gasteiger partial charge in [0.25, 0.3) is 0 Å². The number of hydrogen-bond acceptors (Lipinski definition) is 3.